The maximum absolute atomic E-state index is 5.56. The average Bonchev–Trinajstić information content (AvgIpc) is 2.70. The number of hydrogen-bond donors (Lipinski definition) is 1. The standard InChI is InChI=1S/C12H11NO2S/c1-8-4-2-3-5-9(8)14-11-7-6-10(15-11)12(13)16/h2-7H,1H3,(H2,13,16). The lowest BCUT2D eigenvalue weighted by atomic mass is 10.2. The number of aryl methyl sites for hydroxylation is 1. The molecule has 1 aromatic carbocycles. The third kappa shape index (κ3) is 2.23. The third-order valence-corrected chi connectivity index (χ3v) is 2.33. The molecule has 0 aliphatic carbocycles. The van der Waals surface area contributed by atoms with Gasteiger partial charge in [-0.2, -0.15) is 0 Å². The van der Waals surface area contributed by atoms with E-state index in [1.165, 1.54) is 0 Å². The van der Waals surface area contributed by atoms with E-state index in [1.54, 1.807) is 12.1 Å². The van der Waals surface area contributed by atoms with Crippen molar-refractivity contribution in [3.8, 4) is 11.7 Å². The van der Waals surface area contributed by atoms with Crippen LogP contribution < -0.4 is 10.5 Å². The zero-order valence-corrected chi connectivity index (χ0v) is 9.58. The number of nitrogens with two attached hydrogens (primary N) is 1. The smallest absolute Gasteiger partial charge is 0.290 e. The number of rotatable bonds is 3. The van der Waals surface area contributed by atoms with Crippen molar-refractivity contribution in [2.24, 2.45) is 5.73 Å². The van der Waals surface area contributed by atoms with Gasteiger partial charge in [-0.3, -0.25) is 0 Å². The molecule has 3 nitrogen and oxygen atoms in total. The molecule has 4 heteroatoms. The molecule has 1 aromatic heterocycles. The summed E-state index contributed by atoms with van der Waals surface area (Å²) in [5, 5.41) is 0. The van der Waals surface area contributed by atoms with Crippen LogP contribution in [0, 0.1) is 6.92 Å². The van der Waals surface area contributed by atoms with Crippen molar-refractivity contribution in [2.75, 3.05) is 0 Å². The van der Waals surface area contributed by atoms with Crippen LogP contribution in [-0.4, -0.2) is 4.99 Å². The summed E-state index contributed by atoms with van der Waals surface area (Å²) in [4.78, 5) is 0.222. The predicted molar refractivity (Wildman–Crippen MR) is 65.8 cm³/mol. The Morgan fingerprint density at radius 2 is 2.00 bits per heavy atom. The molecule has 0 amide bonds. The zero-order chi connectivity index (χ0) is 11.5. The fourth-order valence-electron chi connectivity index (χ4n) is 1.29. The van der Waals surface area contributed by atoms with Gasteiger partial charge in [-0.1, -0.05) is 30.4 Å². The zero-order valence-electron chi connectivity index (χ0n) is 8.77. The first-order chi connectivity index (χ1) is 7.66. The predicted octanol–water partition coefficient (Wildman–Crippen LogP) is 3.01. The van der Waals surface area contributed by atoms with Gasteiger partial charge in [-0.15, -0.1) is 0 Å². The largest absolute Gasteiger partial charge is 0.426 e. The molecule has 0 bridgehead atoms. The normalized spacial score (nSPS) is 10.1. The van der Waals surface area contributed by atoms with E-state index in [-0.39, 0.29) is 4.99 Å². The van der Waals surface area contributed by atoms with E-state index < -0.39 is 0 Å². The Bertz CT molecular complexity index is 519. The molecular formula is C12H11NO2S. The molecule has 2 aromatic rings. The van der Waals surface area contributed by atoms with Crippen molar-refractivity contribution in [1.82, 2.24) is 0 Å². The lowest BCUT2D eigenvalue weighted by Crippen LogP contribution is -2.07. The van der Waals surface area contributed by atoms with E-state index in [9.17, 15) is 0 Å². The summed E-state index contributed by atoms with van der Waals surface area (Å²) in [6, 6.07) is 11.1. The van der Waals surface area contributed by atoms with E-state index in [1.807, 2.05) is 31.2 Å². The minimum absolute atomic E-state index is 0.222. The number of hydrogen-bond acceptors (Lipinski definition) is 3. The second-order valence-corrected chi connectivity index (χ2v) is 3.79. The van der Waals surface area contributed by atoms with Gasteiger partial charge in [0.2, 0.25) is 0 Å². The van der Waals surface area contributed by atoms with Gasteiger partial charge in [-0.05, 0) is 24.6 Å². The number of furan rings is 1. The van der Waals surface area contributed by atoms with Gasteiger partial charge in [-0.25, -0.2) is 0 Å². The summed E-state index contributed by atoms with van der Waals surface area (Å²) in [7, 11) is 0. The number of benzene rings is 1. The van der Waals surface area contributed by atoms with E-state index in [4.69, 9.17) is 27.1 Å². The topological polar surface area (TPSA) is 48.4 Å². The maximum atomic E-state index is 5.56. The van der Waals surface area contributed by atoms with Gasteiger partial charge in [0.05, 0.1) is 0 Å². The van der Waals surface area contributed by atoms with Gasteiger partial charge in [0, 0.05) is 6.07 Å². The minimum Gasteiger partial charge on any atom is -0.426 e. The molecule has 0 saturated carbocycles. The van der Waals surface area contributed by atoms with Crippen molar-refractivity contribution in [3.05, 3.63) is 47.7 Å². The summed E-state index contributed by atoms with van der Waals surface area (Å²) in [5.41, 5.74) is 6.47. The number of para-hydroxylation sites is 1. The molecule has 0 radical (unpaired) electrons. The van der Waals surface area contributed by atoms with Gasteiger partial charge >= 0.3 is 0 Å². The highest BCUT2D eigenvalue weighted by molar-refractivity contribution is 7.80. The Morgan fingerprint density at radius 3 is 2.62 bits per heavy atom. The molecule has 0 saturated heterocycles. The van der Waals surface area contributed by atoms with Crippen molar-refractivity contribution < 1.29 is 9.15 Å². The van der Waals surface area contributed by atoms with Gasteiger partial charge in [0.15, 0.2) is 5.76 Å². The molecule has 16 heavy (non-hydrogen) atoms. The summed E-state index contributed by atoms with van der Waals surface area (Å²) < 4.78 is 10.9. The molecule has 0 fully saturated rings. The SMILES string of the molecule is Cc1ccccc1Oc1ccc(C(N)=S)o1. The molecule has 2 rings (SSSR count). The van der Waals surface area contributed by atoms with Gasteiger partial charge in [0.1, 0.15) is 10.7 Å². The lowest BCUT2D eigenvalue weighted by molar-refractivity contribution is 0.343. The van der Waals surface area contributed by atoms with Gasteiger partial charge in [0.25, 0.3) is 5.95 Å². The quantitative estimate of drug-likeness (QED) is 0.828. The summed E-state index contributed by atoms with van der Waals surface area (Å²) in [5.74, 6) is 1.60. The van der Waals surface area contributed by atoms with Crippen molar-refractivity contribution >= 4 is 17.2 Å². The second kappa shape index (κ2) is 4.37. The molecule has 0 aliphatic heterocycles. The maximum Gasteiger partial charge on any atom is 0.290 e. The van der Waals surface area contributed by atoms with Crippen LogP contribution in [0.4, 0.5) is 0 Å². The monoisotopic (exact) mass is 233 g/mol. The Balaban J connectivity index is 2.21. The van der Waals surface area contributed by atoms with E-state index in [2.05, 4.69) is 0 Å². The Hall–Kier alpha value is -1.81. The Labute approximate surface area is 98.8 Å². The van der Waals surface area contributed by atoms with E-state index >= 15 is 0 Å². The van der Waals surface area contributed by atoms with E-state index in [0.29, 0.717) is 11.7 Å². The van der Waals surface area contributed by atoms with E-state index in [0.717, 1.165) is 11.3 Å². The highest BCUT2D eigenvalue weighted by atomic mass is 32.1. The lowest BCUT2D eigenvalue weighted by Gasteiger charge is -2.04. The fourth-order valence-corrected chi connectivity index (χ4v) is 1.40. The summed E-state index contributed by atoms with van der Waals surface area (Å²) >= 11 is 4.79. The second-order valence-electron chi connectivity index (χ2n) is 3.35. The van der Waals surface area contributed by atoms with Crippen molar-refractivity contribution in [2.45, 2.75) is 6.92 Å². The van der Waals surface area contributed by atoms with Crippen LogP contribution in [0.1, 0.15) is 11.3 Å². The van der Waals surface area contributed by atoms with Crippen LogP contribution in [0.3, 0.4) is 0 Å². The minimum atomic E-state index is 0.222. The summed E-state index contributed by atoms with van der Waals surface area (Å²) in [6.45, 7) is 1.97. The van der Waals surface area contributed by atoms with Crippen LogP contribution in [0.25, 0.3) is 0 Å². The first-order valence-electron chi connectivity index (χ1n) is 4.80. The molecule has 0 spiro atoms. The number of ether oxygens (including phenoxy) is 1. The molecule has 0 aliphatic rings. The van der Waals surface area contributed by atoms with Crippen molar-refractivity contribution in [3.63, 3.8) is 0 Å². The first kappa shape index (κ1) is 10.7. The molecule has 82 valence electrons. The molecule has 1 heterocycles. The molecular weight excluding hydrogens is 222 g/mol. The van der Waals surface area contributed by atoms with Gasteiger partial charge < -0.3 is 14.9 Å². The van der Waals surface area contributed by atoms with Crippen molar-refractivity contribution in [1.29, 1.82) is 0 Å². The van der Waals surface area contributed by atoms with Crippen LogP contribution in [0.2, 0.25) is 0 Å². The van der Waals surface area contributed by atoms with Crippen LogP contribution in [0.15, 0.2) is 40.8 Å². The third-order valence-electron chi connectivity index (χ3n) is 2.13. The highest BCUT2D eigenvalue weighted by Crippen LogP contribution is 2.26. The first-order valence-corrected chi connectivity index (χ1v) is 5.21. The Morgan fingerprint density at radius 1 is 1.25 bits per heavy atom. The van der Waals surface area contributed by atoms with Crippen LogP contribution >= 0.6 is 12.2 Å². The average molecular weight is 233 g/mol. The molecule has 0 unspecified atom stereocenters. The number of thiocarbonyl (C=S) groups is 1. The summed E-state index contributed by atoms with van der Waals surface area (Å²) in [6.07, 6.45) is 0. The van der Waals surface area contributed by atoms with Crippen LogP contribution in [-0.2, 0) is 0 Å². The highest BCUT2D eigenvalue weighted by Gasteiger charge is 2.07. The fraction of sp³-hybridized carbons (Fsp3) is 0.0833. The Kier molecular flexibility index (Phi) is 2.92. The van der Waals surface area contributed by atoms with Crippen LogP contribution in [0.5, 0.6) is 11.7 Å². The molecule has 2 N–H and O–H groups in total. The molecule has 0 atom stereocenters.